The monoisotopic (exact) mass is 313 g/mol. The largest absolute Gasteiger partial charge is 0.305 e. The molecule has 3 heterocycles. The van der Waals surface area contributed by atoms with Crippen molar-refractivity contribution in [2.75, 3.05) is 0 Å². The second kappa shape index (κ2) is 5.28. The quantitative estimate of drug-likeness (QED) is 0.733. The van der Waals surface area contributed by atoms with E-state index in [9.17, 15) is 10.1 Å². The van der Waals surface area contributed by atoms with Gasteiger partial charge in [-0.3, -0.25) is 4.79 Å². The third-order valence-electron chi connectivity index (χ3n) is 3.24. The minimum Gasteiger partial charge on any atom is -0.305 e. The zero-order chi connectivity index (χ0) is 15.0. The molecule has 0 amide bonds. The Labute approximate surface area is 129 Å². The van der Waals surface area contributed by atoms with E-state index in [0.29, 0.717) is 21.6 Å². The van der Waals surface area contributed by atoms with Gasteiger partial charge in [0.1, 0.15) is 10.9 Å². The van der Waals surface area contributed by atoms with Gasteiger partial charge >= 0.3 is 0 Å². The molecule has 0 unspecified atom stereocenters. The fourth-order valence-electron chi connectivity index (χ4n) is 2.05. The van der Waals surface area contributed by atoms with Gasteiger partial charge in [-0.1, -0.05) is 6.07 Å². The highest BCUT2D eigenvalue weighted by molar-refractivity contribution is 7.18. The lowest BCUT2D eigenvalue weighted by Crippen LogP contribution is -2.10. The van der Waals surface area contributed by atoms with Gasteiger partial charge in [0, 0.05) is 9.75 Å². The standard InChI is InChI=1S/C15H11N3OS2/c1-8-9(2)21-15-12(8)14(19)17-13(18-15)10(7-16)6-11-4-3-5-20-11/h3-6H,1-2H3,(H,17,18,19)/b10-6+. The molecule has 0 aliphatic carbocycles. The van der Waals surface area contributed by atoms with Crippen molar-refractivity contribution < 1.29 is 0 Å². The minimum absolute atomic E-state index is 0.191. The fourth-order valence-corrected chi connectivity index (χ4v) is 3.74. The molecule has 0 spiro atoms. The topological polar surface area (TPSA) is 69.5 Å². The number of H-pyrrole nitrogens is 1. The van der Waals surface area contributed by atoms with Crippen LogP contribution in [0.25, 0.3) is 21.9 Å². The number of nitrogens with zero attached hydrogens (tertiary/aromatic N) is 2. The van der Waals surface area contributed by atoms with Crippen LogP contribution in [0.15, 0.2) is 22.3 Å². The summed E-state index contributed by atoms with van der Waals surface area (Å²) in [6, 6.07) is 5.94. The summed E-state index contributed by atoms with van der Waals surface area (Å²) in [4.78, 5) is 22.1. The first-order valence-electron chi connectivity index (χ1n) is 6.26. The summed E-state index contributed by atoms with van der Waals surface area (Å²) in [5, 5.41) is 11.9. The molecule has 3 aromatic heterocycles. The number of rotatable bonds is 2. The first-order valence-corrected chi connectivity index (χ1v) is 7.95. The Bertz CT molecular complexity index is 940. The lowest BCUT2D eigenvalue weighted by atomic mass is 10.2. The van der Waals surface area contributed by atoms with Gasteiger partial charge in [0.25, 0.3) is 5.56 Å². The number of fused-ring (bicyclic) bond motifs is 1. The summed E-state index contributed by atoms with van der Waals surface area (Å²) >= 11 is 3.01. The van der Waals surface area contributed by atoms with Crippen molar-refractivity contribution in [3.05, 3.63) is 49.0 Å². The molecule has 0 aromatic carbocycles. The molecule has 21 heavy (non-hydrogen) atoms. The third kappa shape index (κ3) is 2.42. The molecule has 0 atom stereocenters. The van der Waals surface area contributed by atoms with Gasteiger partial charge in [-0.15, -0.1) is 22.7 Å². The van der Waals surface area contributed by atoms with Crippen LogP contribution < -0.4 is 5.56 Å². The van der Waals surface area contributed by atoms with E-state index < -0.39 is 0 Å². The molecule has 0 aliphatic heterocycles. The number of nitrogens with one attached hydrogen (secondary N) is 1. The number of hydrogen-bond acceptors (Lipinski definition) is 5. The van der Waals surface area contributed by atoms with Crippen LogP contribution in [0.5, 0.6) is 0 Å². The lowest BCUT2D eigenvalue weighted by molar-refractivity contribution is 1.13. The molecule has 1 N–H and O–H groups in total. The van der Waals surface area contributed by atoms with Crippen LogP contribution in [-0.2, 0) is 0 Å². The van der Waals surface area contributed by atoms with E-state index in [1.165, 1.54) is 22.7 Å². The summed E-state index contributed by atoms with van der Waals surface area (Å²) < 4.78 is 0. The van der Waals surface area contributed by atoms with Crippen LogP contribution in [0.1, 0.15) is 21.1 Å². The van der Waals surface area contributed by atoms with Gasteiger partial charge < -0.3 is 4.98 Å². The smallest absolute Gasteiger partial charge is 0.260 e. The van der Waals surface area contributed by atoms with E-state index in [1.54, 1.807) is 6.08 Å². The van der Waals surface area contributed by atoms with Crippen molar-refractivity contribution in [3.8, 4) is 6.07 Å². The summed E-state index contributed by atoms with van der Waals surface area (Å²) in [5.74, 6) is 0.324. The normalized spacial score (nSPS) is 11.8. The van der Waals surface area contributed by atoms with E-state index in [-0.39, 0.29) is 5.56 Å². The van der Waals surface area contributed by atoms with Gasteiger partial charge in [0.05, 0.1) is 11.0 Å². The Hall–Kier alpha value is -2.23. The second-order valence-corrected chi connectivity index (χ2v) is 6.75. The first-order chi connectivity index (χ1) is 10.1. The molecule has 3 aromatic rings. The molecule has 0 saturated carbocycles. The molecule has 104 valence electrons. The zero-order valence-corrected chi connectivity index (χ0v) is 13.1. The number of allylic oxidation sites excluding steroid dienone is 1. The summed E-state index contributed by atoms with van der Waals surface area (Å²) in [6.45, 7) is 3.88. The molecule has 0 fully saturated rings. The van der Waals surface area contributed by atoms with E-state index in [2.05, 4.69) is 16.0 Å². The number of aryl methyl sites for hydroxylation is 2. The molecule has 0 radical (unpaired) electrons. The number of aromatic amines is 1. The molecule has 4 nitrogen and oxygen atoms in total. The molecule has 0 bridgehead atoms. The van der Waals surface area contributed by atoms with E-state index in [4.69, 9.17) is 0 Å². The summed E-state index contributed by atoms with van der Waals surface area (Å²) in [6.07, 6.45) is 1.74. The van der Waals surface area contributed by atoms with Gasteiger partial charge in [0.15, 0.2) is 5.82 Å². The highest BCUT2D eigenvalue weighted by atomic mass is 32.1. The predicted octanol–water partition coefficient (Wildman–Crippen LogP) is 3.73. The van der Waals surface area contributed by atoms with Crippen molar-refractivity contribution in [3.63, 3.8) is 0 Å². The Balaban J connectivity index is 2.21. The van der Waals surface area contributed by atoms with Gasteiger partial charge in [-0.25, -0.2) is 4.98 Å². The van der Waals surface area contributed by atoms with E-state index in [1.807, 2.05) is 31.4 Å². The number of aromatic nitrogens is 2. The SMILES string of the molecule is Cc1sc2nc(/C(C#N)=C/c3cccs3)[nH]c(=O)c2c1C. The highest BCUT2D eigenvalue weighted by Crippen LogP contribution is 2.27. The van der Waals surface area contributed by atoms with E-state index >= 15 is 0 Å². The Kier molecular flexibility index (Phi) is 3.45. The second-order valence-electron chi connectivity index (χ2n) is 4.56. The van der Waals surface area contributed by atoms with E-state index in [0.717, 1.165) is 15.3 Å². The van der Waals surface area contributed by atoms with Crippen LogP contribution in [0.3, 0.4) is 0 Å². The number of thiophene rings is 2. The van der Waals surface area contributed by atoms with Crippen LogP contribution in [0, 0.1) is 25.2 Å². The predicted molar refractivity (Wildman–Crippen MR) is 87.5 cm³/mol. The molecule has 6 heteroatoms. The maximum Gasteiger partial charge on any atom is 0.260 e. The van der Waals surface area contributed by atoms with Crippen molar-refractivity contribution in [1.29, 1.82) is 5.26 Å². The van der Waals surface area contributed by atoms with Gasteiger partial charge in [-0.2, -0.15) is 5.26 Å². The van der Waals surface area contributed by atoms with Crippen LogP contribution >= 0.6 is 22.7 Å². The highest BCUT2D eigenvalue weighted by Gasteiger charge is 2.13. The summed E-state index contributed by atoms with van der Waals surface area (Å²) in [7, 11) is 0. The van der Waals surface area contributed by atoms with Gasteiger partial charge in [0.2, 0.25) is 0 Å². The molecule has 0 aliphatic rings. The lowest BCUT2D eigenvalue weighted by Gasteiger charge is -1.99. The number of nitriles is 1. The molecule has 3 rings (SSSR count). The fraction of sp³-hybridized carbons (Fsp3) is 0.133. The van der Waals surface area contributed by atoms with Crippen molar-refractivity contribution in [2.24, 2.45) is 0 Å². The zero-order valence-electron chi connectivity index (χ0n) is 11.4. The Morgan fingerprint density at radius 2 is 2.29 bits per heavy atom. The van der Waals surface area contributed by atoms with Crippen molar-refractivity contribution >= 4 is 44.5 Å². The number of hydrogen-bond donors (Lipinski definition) is 1. The van der Waals surface area contributed by atoms with Crippen LogP contribution in [0.2, 0.25) is 0 Å². The maximum atomic E-state index is 12.2. The Morgan fingerprint density at radius 1 is 1.48 bits per heavy atom. The van der Waals surface area contributed by atoms with Crippen molar-refractivity contribution in [1.82, 2.24) is 9.97 Å². The first kappa shape index (κ1) is 13.7. The molecular weight excluding hydrogens is 302 g/mol. The minimum atomic E-state index is -0.191. The molecule has 0 saturated heterocycles. The molecular formula is C15H11N3OS2. The van der Waals surface area contributed by atoms with Crippen LogP contribution in [0.4, 0.5) is 0 Å². The van der Waals surface area contributed by atoms with Crippen molar-refractivity contribution in [2.45, 2.75) is 13.8 Å². The third-order valence-corrected chi connectivity index (χ3v) is 5.16. The average molecular weight is 313 g/mol. The van der Waals surface area contributed by atoms with Gasteiger partial charge in [-0.05, 0) is 36.9 Å². The average Bonchev–Trinajstić information content (AvgIpc) is 3.05. The maximum absolute atomic E-state index is 12.2. The van der Waals surface area contributed by atoms with Crippen LogP contribution in [-0.4, -0.2) is 9.97 Å². The Morgan fingerprint density at radius 3 is 2.95 bits per heavy atom. The summed E-state index contributed by atoms with van der Waals surface area (Å²) in [5.41, 5.74) is 1.13.